The van der Waals surface area contributed by atoms with Gasteiger partial charge in [0.2, 0.25) is 5.91 Å². The molecule has 1 aromatic carbocycles. The summed E-state index contributed by atoms with van der Waals surface area (Å²) in [5.74, 6) is -0.677. The summed E-state index contributed by atoms with van der Waals surface area (Å²) in [4.78, 5) is 51.3. The van der Waals surface area contributed by atoms with Crippen LogP contribution in [0.2, 0.25) is 5.02 Å². The molecule has 218 valence electrons. The number of rotatable bonds is 11. The van der Waals surface area contributed by atoms with Gasteiger partial charge in [-0.25, -0.2) is 9.36 Å². The molecule has 1 unspecified atom stereocenters. The maximum Gasteiger partial charge on any atom is 0.530 e. The number of carbonyl (C=O) groups excluding carboxylic acids is 2. The highest BCUT2D eigenvalue weighted by Crippen LogP contribution is 2.55. The Labute approximate surface area is 242 Å². The molecule has 0 aliphatic carbocycles. The number of carbonyl (C=O) groups is 2. The van der Waals surface area contributed by atoms with Gasteiger partial charge in [0.05, 0.1) is 19.6 Å². The summed E-state index contributed by atoms with van der Waals surface area (Å²) in [6.07, 6.45) is -1.34. The number of alkyl halides is 1. The number of aromatic amines is 1. The van der Waals surface area contributed by atoms with E-state index < -0.39 is 43.5 Å². The van der Waals surface area contributed by atoms with Gasteiger partial charge in [-0.15, -0.1) is 0 Å². The van der Waals surface area contributed by atoms with Crippen LogP contribution in [0.1, 0.15) is 43.5 Å². The predicted octanol–water partition coefficient (Wildman–Crippen LogP) is 2.98. The molecule has 1 fully saturated rings. The van der Waals surface area contributed by atoms with Crippen molar-refractivity contribution in [3.63, 3.8) is 0 Å². The first-order valence-corrected chi connectivity index (χ1v) is 15.5. The summed E-state index contributed by atoms with van der Waals surface area (Å²) in [5.41, 5.74) is -0.283. The highest BCUT2D eigenvalue weighted by Gasteiger charge is 2.43. The van der Waals surface area contributed by atoms with E-state index in [0.29, 0.717) is 34.4 Å². The molecule has 16 heteroatoms. The topological polar surface area (TPSA) is 164 Å². The van der Waals surface area contributed by atoms with Crippen LogP contribution in [-0.4, -0.2) is 52.1 Å². The molecule has 2 aromatic rings. The first-order chi connectivity index (χ1) is 19.1. The second kappa shape index (κ2) is 13.5. The number of nitrogens with zero attached hydrogens (tertiary/aromatic N) is 1. The zero-order valence-corrected chi connectivity index (χ0v) is 24.7. The van der Waals surface area contributed by atoms with E-state index in [1.54, 1.807) is 25.1 Å². The molecule has 0 radical (unpaired) electrons. The Morgan fingerprint density at radius 3 is 2.85 bits per heavy atom. The summed E-state index contributed by atoms with van der Waals surface area (Å²) >= 11 is 9.26. The monoisotopic (exact) mass is 663 g/mol. The number of nitrogens with one attached hydrogen (secondary N) is 2. The molecule has 40 heavy (non-hydrogen) atoms. The van der Waals surface area contributed by atoms with Crippen molar-refractivity contribution in [2.75, 3.05) is 18.5 Å². The van der Waals surface area contributed by atoms with E-state index in [1.807, 2.05) is 0 Å². The van der Waals surface area contributed by atoms with Gasteiger partial charge in [-0.2, -0.15) is 0 Å². The van der Waals surface area contributed by atoms with Crippen LogP contribution >= 0.6 is 35.4 Å². The molecule has 0 spiro atoms. The average molecular weight is 665 g/mol. The fourth-order valence-corrected chi connectivity index (χ4v) is 6.02. The van der Waals surface area contributed by atoms with Gasteiger partial charge in [-0.05, 0) is 31.5 Å². The van der Waals surface area contributed by atoms with Crippen LogP contribution in [0.5, 0.6) is 5.75 Å². The molecule has 2 aliphatic rings. The van der Waals surface area contributed by atoms with Gasteiger partial charge in [0, 0.05) is 47.1 Å². The molecule has 13 nitrogen and oxygen atoms in total. The summed E-state index contributed by atoms with van der Waals surface area (Å²) < 4.78 is 42.3. The van der Waals surface area contributed by atoms with Crippen molar-refractivity contribution in [1.82, 2.24) is 14.9 Å². The number of phosphoric ester groups is 1. The fourth-order valence-electron chi connectivity index (χ4n) is 4.17. The Kier molecular flexibility index (Phi) is 10.3. The van der Waals surface area contributed by atoms with Crippen LogP contribution < -0.4 is 21.1 Å². The van der Waals surface area contributed by atoms with Crippen molar-refractivity contribution in [2.24, 2.45) is 0 Å². The lowest BCUT2D eigenvalue weighted by Gasteiger charge is -2.26. The molecular weight excluding hydrogens is 637 g/mol. The molecule has 1 aromatic heterocycles. The Bertz CT molecular complexity index is 1420. The van der Waals surface area contributed by atoms with E-state index in [1.165, 1.54) is 10.8 Å². The molecule has 4 rings (SSSR count). The largest absolute Gasteiger partial charge is 0.530 e. The van der Waals surface area contributed by atoms with Crippen LogP contribution in [0.25, 0.3) is 0 Å². The normalized spacial score (nSPS) is 23.7. The van der Waals surface area contributed by atoms with Crippen LogP contribution in [-0.2, 0) is 45.7 Å². The Morgan fingerprint density at radius 1 is 1.30 bits per heavy atom. The quantitative estimate of drug-likeness (QED) is 0.207. The van der Waals surface area contributed by atoms with Gasteiger partial charge < -0.3 is 19.3 Å². The molecule has 2 aliphatic heterocycles. The average Bonchev–Trinajstić information content (AvgIpc) is 3.30. The Balaban J connectivity index is 1.49. The summed E-state index contributed by atoms with van der Waals surface area (Å²) in [5, 5.41) is 3.55. The second-order valence-corrected chi connectivity index (χ2v) is 11.8. The number of halogens is 2. The summed E-state index contributed by atoms with van der Waals surface area (Å²) in [7, 11) is -4.07. The zero-order valence-electron chi connectivity index (χ0n) is 21.4. The minimum atomic E-state index is -4.07. The van der Waals surface area contributed by atoms with Crippen molar-refractivity contribution in [2.45, 2.75) is 57.6 Å². The molecule has 3 heterocycles. The Hall–Kier alpha value is -2.48. The Morgan fingerprint density at radius 2 is 2.10 bits per heavy atom. The minimum absolute atomic E-state index is 0.0218. The standard InChI is InChI=1S/C24H28BrClN3O10P/c1-2-27-20(30)5-6-22(31)38-18-10-21(29-11-14(7-8-25)23(32)28-24(29)33)37-19(18)13-36-40(34)35-12-15-9-16(26)3-4-17(15)39-40/h3-4,9,11,18-19,21H,2,5-8,10,12-13H2,1H3,(H,27,30)(H,28,32,33)/t18-,19-,21-,40?/m1/s1. The third-order valence-corrected chi connectivity index (χ3v) is 8.08. The summed E-state index contributed by atoms with van der Waals surface area (Å²) in [6, 6.07) is 4.74. The first-order valence-electron chi connectivity index (χ1n) is 12.5. The SMILES string of the molecule is CCNC(=O)CCC(=O)O[C@@H]1C[C@H](n2cc(CCBr)c(=O)[nH]c2=O)O[C@@H]1COP1(=O)OCc2cc(Cl)ccc2O1. The number of amides is 1. The van der Waals surface area contributed by atoms with Crippen molar-refractivity contribution >= 4 is 47.2 Å². The molecule has 4 atom stereocenters. The summed E-state index contributed by atoms with van der Waals surface area (Å²) in [6.45, 7) is 1.75. The van der Waals surface area contributed by atoms with Gasteiger partial charge in [-0.1, -0.05) is 27.5 Å². The highest BCUT2D eigenvalue weighted by molar-refractivity contribution is 9.09. The van der Waals surface area contributed by atoms with E-state index in [2.05, 4.69) is 26.2 Å². The lowest BCUT2D eigenvalue weighted by molar-refractivity contribution is -0.154. The van der Waals surface area contributed by atoms with E-state index in [9.17, 15) is 23.7 Å². The van der Waals surface area contributed by atoms with E-state index in [0.717, 1.165) is 0 Å². The second-order valence-electron chi connectivity index (χ2n) is 8.97. The number of phosphoric acid groups is 1. The van der Waals surface area contributed by atoms with Crippen LogP contribution in [0, 0.1) is 0 Å². The van der Waals surface area contributed by atoms with Gasteiger partial charge in [0.25, 0.3) is 5.56 Å². The lowest BCUT2D eigenvalue weighted by atomic mass is 10.2. The highest BCUT2D eigenvalue weighted by atomic mass is 79.9. The van der Waals surface area contributed by atoms with Crippen molar-refractivity contribution in [1.29, 1.82) is 0 Å². The number of hydrogen-bond donors (Lipinski definition) is 2. The number of ether oxygens (including phenoxy) is 2. The third-order valence-electron chi connectivity index (χ3n) is 6.12. The van der Waals surface area contributed by atoms with E-state index in [-0.39, 0.29) is 44.1 Å². The number of hydrogen-bond acceptors (Lipinski definition) is 10. The van der Waals surface area contributed by atoms with E-state index in [4.69, 9.17) is 34.6 Å². The van der Waals surface area contributed by atoms with Crippen LogP contribution in [0.4, 0.5) is 0 Å². The molecule has 2 N–H and O–H groups in total. The molecule has 0 saturated carbocycles. The van der Waals surface area contributed by atoms with Crippen molar-refractivity contribution < 1.29 is 37.2 Å². The van der Waals surface area contributed by atoms with Crippen molar-refractivity contribution in [3.05, 3.63) is 61.4 Å². The van der Waals surface area contributed by atoms with Gasteiger partial charge in [0.1, 0.15) is 24.2 Å². The minimum Gasteiger partial charge on any atom is -0.459 e. The predicted molar refractivity (Wildman–Crippen MR) is 146 cm³/mol. The van der Waals surface area contributed by atoms with E-state index >= 15 is 0 Å². The molecule has 0 bridgehead atoms. The van der Waals surface area contributed by atoms with Crippen LogP contribution in [0.15, 0.2) is 34.0 Å². The molecular formula is C24H28BrClN3O10P. The number of H-pyrrole nitrogens is 1. The van der Waals surface area contributed by atoms with Crippen molar-refractivity contribution in [3.8, 4) is 5.75 Å². The molecule has 1 amide bonds. The van der Waals surface area contributed by atoms with Crippen LogP contribution in [0.3, 0.4) is 0 Å². The number of fused-ring (bicyclic) bond motifs is 1. The fraction of sp³-hybridized carbons (Fsp3) is 0.500. The zero-order chi connectivity index (χ0) is 28.9. The van der Waals surface area contributed by atoms with Gasteiger partial charge in [-0.3, -0.25) is 33.0 Å². The number of aromatic nitrogens is 2. The number of esters is 1. The number of benzene rings is 1. The smallest absolute Gasteiger partial charge is 0.459 e. The first kappa shape index (κ1) is 30.5. The lowest BCUT2D eigenvalue weighted by Crippen LogP contribution is -2.34. The molecule has 1 saturated heterocycles. The maximum absolute atomic E-state index is 13.2. The van der Waals surface area contributed by atoms with Gasteiger partial charge in [0.15, 0.2) is 0 Å². The number of aryl methyl sites for hydroxylation is 1. The maximum atomic E-state index is 13.2. The van der Waals surface area contributed by atoms with Gasteiger partial charge >= 0.3 is 19.5 Å². The third kappa shape index (κ3) is 7.62.